The van der Waals surface area contributed by atoms with Crippen LogP contribution in [0.4, 0.5) is 0 Å². The lowest BCUT2D eigenvalue weighted by Gasteiger charge is -2.38. The quantitative estimate of drug-likeness (QED) is 0.770. The van der Waals surface area contributed by atoms with Crippen molar-refractivity contribution >= 4 is 11.9 Å². The molecule has 0 saturated heterocycles. The standard InChI is InChI=1S/C22H25NO6/c1-27-18-11-15-9-10-23(17(13-20(24)25)16(15)12-19(18)28-2)22(26)21(29-3)14-7-5-4-6-8-14/h4-8,11-12,17,21H,9-10,13H2,1-3H3,(H,24,25). The second-order valence-corrected chi connectivity index (χ2v) is 6.83. The van der Waals surface area contributed by atoms with Gasteiger partial charge in [-0.3, -0.25) is 9.59 Å². The van der Waals surface area contributed by atoms with E-state index in [0.29, 0.717) is 24.5 Å². The van der Waals surface area contributed by atoms with Gasteiger partial charge in [0, 0.05) is 13.7 Å². The molecule has 3 rings (SSSR count). The van der Waals surface area contributed by atoms with Crippen LogP contribution in [0.5, 0.6) is 11.5 Å². The van der Waals surface area contributed by atoms with E-state index in [1.807, 2.05) is 36.4 Å². The molecule has 0 aliphatic carbocycles. The third-order valence-corrected chi connectivity index (χ3v) is 5.22. The number of carbonyl (C=O) groups is 2. The molecule has 7 heteroatoms. The SMILES string of the molecule is COc1cc2c(cc1OC)C(CC(=O)O)N(C(=O)C(OC)c1ccccc1)CC2. The molecule has 0 fully saturated rings. The summed E-state index contributed by atoms with van der Waals surface area (Å²) < 4.78 is 16.2. The zero-order valence-electron chi connectivity index (χ0n) is 16.8. The Kier molecular flexibility index (Phi) is 6.39. The van der Waals surface area contributed by atoms with Crippen molar-refractivity contribution in [1.29, 1.82) is 0 Å². The van der Waals surface area contributed by atoms with Crippen LogP contribution in [0.1, 0.15) is 35.3 Å². The zero-order chi connectivity index (χ0) is 21.0. The van der Waals surface area contributed by atoms with E-state index in [1.54, 1.807) is 18.1 Å². The minimum atomic E-state index is -0.982. The number of benzene rings is 2. The van der Waals surface area contributed by atoms with Gasteiger partial charge in [-0.15, -0.1) is 0 Å². The number of ether oxygens (including phenoxy) is 3. The lowest BCUT2D eigenvalue weighted by molar-refractivity contribution is -0.148. The molecule has 0 bridgehead atoms. The molecule has 154 valence electrons. The summed E-state index contributed by atoms with van der Waals surface area (Å²) in [6, 6.07) is 12.2. The normalized spacial score (nSPS) is 16.7. The second kappa shape index (κ2) is 8.96. The third-order valence-electron chi connectivity index (χ3n) is 5.22. The fourth-order valence-corrected chi connectivity index (χ4v) is 3.84. The van der Waals surface area contributed by atoms with Gasteiger partial charge in [-0.2, -0.15) is 0 Å². The molecule has 7 nitrogen and oxygen atoms in total. The minimum Gasteiger partial charge on any atom is -0.493 e. The van der Waals surface area contributed by atoms with Crippen LogP contribution in [0.15, 0.2) is 42.5 Å². The van der Waals surface area contributed by atoms with Gasteiger partial charge in [0.05, 0.1) is 26.7 Å². The molecule has 29 heavy (non-hydrogen) atoms. The van der Waals surface area contributed by atoms with Crippen LogP contribution in [0.3, 0.4) is 0 Å². The van der Waals surface area contributed by atoms with Crippen molar-refractivity contribution in [2.45, 2.75) is 25.0 Å². The van der Waals surface area contributed by atoms with Gasteiger partial charge in [0.2, 0.25) is 0 Å². The van der Waals surface area contributed by atoms with Gasteiger partial charge in [0.1, 0.15) is 0 Å². The molecule has 2 aromatic carbocycles. The first-order chi connectivity index (χ1) is 14.0. The Morgan fingerprint density at radius 1 is 1.10 bits per heavy atom. The number of amides is 1. The summed E-state index contributed by atoms with van der Waals surface area (Å²) in [4.78, 5) is 26.6. The smallest absolute Gasteiger partial charge is 0.305 e. The lowest BCUT2D eigenvalue weighted by Crippen LogP contribution is -2.43. The van der Waals surface area contributed by atoms with Crippen LogP contribution in [0.2, 0.25) is 0 Å². The Balaban J connectivity index is 2.01. The summed E-state index contributed by atoms with van der Waals surface area (Å²) in [6.07, 6.45) is -0.420. The van der Waals surface area contributed by atoms with Crippen LogP contribution in [0.25, 0.3) is 0 Å². The Bertz CT molecular complexity index is 882. The number of hydrogen-bond acceptors (Lipinski definition) is 5. The van der Waals surface area contributed by atoms with Gasteiger partial charge in [-0.05, 0) is 35.2 Å². The van der Waals surface area contributed by atoms with Crippen molar-refractivity contribution in [3.05, 3.63) is 59.2 Å². The monoisotopic (exact) mass is 399 g/mol. The highest BCUT2D eigenvalue weighted by molar-refractivity contribution is 5.84. The molecule has 1 aliphatic rings. The average molecular weight is 399 g/mol. The van der Waals surface area contributed by atoms with E-state index >= 15 is 0 Å². The minimum absolute atomic E-state index is 0.209. The van der Waals surface area contributed by atoms with E-state index in [9.17, 15) is 14.7 Å². The van der Waals surface area contributed by atoms with Crippen LogP contribution in [0, 0.1) is 0 Å². The predicted octanol–water partition coefficient (Wildman–Crippen LogP) is 2.99. The van der Waals surface area contributed by atoms with Gasteiger partial charge in [0.15, 0.2) is 17.6 Å². The number of fused-ring (bicyclic) bond motifs is 1. The first-order valence-corrected chi connectivity index (χ1v) is 9.35. The number of hydrogen-bond donors (Lipinski definition) is 1. The molecule has 0 radical (unpaired) electrons. The van der Waals surface area contributed by atoms with Gasteiger partial charge >= 0.3 is 5.97 Å². The summed E-state index contributed by atoms with van der Waals surface area (Å²) in [6.45, 7) is 0.395. The van der Waals surface area contributed by atoms with E-state index < -0.39 is 18.1 Å². The van der Waals surface area contributed by atoms with E-state index in [-0.39, 0.29) is 12.3 Å². The molecular formula is C22H25NO6. The fraction of sp³-hybridized carbons (Fsp3) is 0.364. The Morgan fingerprint density at radius 3 is 2.34 bits per heavy atom. The molecule has 1 aliphatic heterocycles. The molecule has 0 aromatic heterocycles. The van der Waals surface area contributed by atoms with Crippen molar-refractivity contribution in [3.63, 3.8) is 0 Å². The van der Waals surface area contributed by atoms with Crippen molar-refractivity contribution in [2.75, 3.05) is 27.9 Å². The first kappa shape index (κ1) is 20.7. The highest BCUT2D eigenvalue weighted by Crippen LogP contribution is 2.40. The summed E-state index contributed by atoms with van der Waals surface area (Å²) in [7, 11) is 4.56. The zero-order valence-corrected chi connectivity index (χ0v) is 16.8. The molecule has 1 N–H and O–H groups in total. The lowest BCUT2D eigenvalue weighted by atomic mass is 9.89. The number of aliphatic carboxylic acids is 1. The second-order valence-electron chi connectivity index (χ2n) is 6.83. The third kappa shape index (κ3) is 4.19. The fourth-order valence-electron chi connectivity index (χ4n) is 3.84. The summed E-state index contributed by atoms with van der Waals surface area (Å²) in [5, 5.41) is 9.51. The van der Waals surface area contributed by atoms with Crippen molar-refractivity contribution in [1.82, 2.24) is 4.90 Å². The van der Waals surface area contributed by atoms with Crippen molar-refractivity contribution in [3.8, 4) is 11.5 Å². The van der Waals surface area contributed by atoms with Gasteiger partial charge in [0.25, 0.3) is 5.91 Å². The number of rotatable bonds is 7. The molecule has 1 amide bonds. The van der Waals surface area contributed by atoms with Gasteiger partial charge in [-0.25, -0.2) is 0 Å². The highest BCUT2D eigenvalue weighted by atomic mass is 16.5. The van der Waals surface area contributed by atoms with Crippen molar-refractivity contribution in [2.24, 2.45) is 0 Å². The number of methoxy groups -OCH3 is 3. The molecule has 0 spiro atoms. The molecule has 2 aromatic rings. The van der Waals surface area contributed by atoms with Gasteiger partial charge < -0.3 is 24.2 Å². The molecular weight excluding hydrogens is 374 g/mol. The number of carbonyl (C=O) groups excluding carboxylic acids is 1. The number of nitrogens with zero attached hydrogens (tertiary/aromatic N) is 1. The first-order valence-electron chi connectivity index (χ1n) is 9.35. The maximum atomic E-state index is 13.4. The summed E-state index contributed by atoms with van der Waals surface area (Å²) >= 11 is 0. The van der Waals surface area contributed by atoms with E-state index in [1.165, 1.54) is 14.2 Å². The van der Waals surface area contributed by atoms with Crippen LogP contribution < -0.4 is 9.47 Å². The maximum Gasteiger partial charge on any atom is 0.305 e. The Morgan fingerprint density at radius 2 is 1.76 bits per heavy atom. The topological polar surface area (TPSA) is 85.3 Å². The van der Waals surface area contributed by atoms with E-state index in [2.05, 4.69) is 0 Å². The van der Waals surface area contributed by atoms with Crippen LogP contribution in [-0.2, 0) is 20.7 Å². The molecule has 2 unspecified atom stereocenters. The average Bonchev–Trinajstić information content (AvgIpc) is 2.73. The highest BCUT2D eigenvalue weighted by Gasteiger charge is 2.37. The maximum absolute atomic E-state index is 13.4. The molecule has 0 saturated carbocycles. The Hall–Kier alpha value is -3.06. The summed E-state index contributed by atoms with van der Waals surface area (Å²) in [5.74, 6) is -0.157. The number of carboxylic acids is 1. The number of carboxylic acid groups (broad SMARTS) is 1. The van der Waals surface area contributed by atoms with Crippen molar-refractivity contribution < 1.29 is 28.9 Å². The largest absolute Gasteiger partial charge is 0.493 e. The van der Waals surface area contributed by atoms with E-state index in [4.69, 9.17) is 14.2 Å². The molecule has 1 heterocycles. The van der Waals surface area contributed by atoms with E-state index in [0.717, 1.165) is 16.7 Å². The Labute approximate surface area is 169 Å². The van der Waals surface area contributed by atoms with Crippen LogP contribution in [-0.4, -0.2) is 49.8 Å². The predicted molar refractivity (Wildman–Crippen MR) is 106 cm³/mol. The van der Waals surface area contributed by atoms with Gasteiger partial charge in [-0.1, -0.05) is 30.3 Å². The summed E-state index contributed by atoms with van der Waals surface area (Å²) in [5.41, 5.74) is 2.44. The molecule has 2 atom stereocenters. The van der Waals surface area contributed by atoms with Crippen LogP contribution >= 0.6 is 0 Å².